The van der Waals surface area contributed by atoms with E-state index in [4.69, 9.17) is 0 Å². The van der Waals surface area contributed by atoms with Crippen LogP contribution in [0.25, 0.3) is 33.6 Å². The van der Waals surface area contributed by atoms with Crippen LogP contribution in [0.15, 0.2) is 91.0 Å². The molecule has 0 unspecified atom stereocenters. The van der Waals surface area contributed by atoms with E-state index in [0.717, 1.165) is 22.5 Å². The third-order valence-electron chi connectivity index (χ3n) is 4.37. The average molecular weight is 322 g/mol. The van der Waals surface area contributed by atoms with Crippen molar-refractivity contribution in [2.45, 2.75) is 6.92 Å². The number of benzene rings is 3. The lowest BCUT2D eigenvalue weighted by atomic mass is 9.99. The highest BCUT2D eigenvalue weighted by Crippen LogP contribution is 2.26. The highest BCUT2D eigenvalue weighted by molar-refractivity contribution is 5.71. The second-order valence-electron chi connectivity index (χ2n) is 6.06. The van der Waals surface area contributed by atoms with Crippen molar-refractivity contribution in [1.29, 1.82) is 0 Å². The third-order valence-corrected chi connectivity index (χ3v) is 4.37. The van der Waals surface area contributed by atoms with Gasteiger partial charge in [-0.05, 0) is 35.7 Å². The maximum atomic E-state index is 4.40. The van der Waals surface area contributed by atoms with Gasteiger partial charge in [0.15, 0.2) is 0 Å². The molecule has 25 heavy (non-hydrogen) atoms. The first-order valence-corrected chi connectivity index (χ1v) is 8.37. The summed E-state index contributed by atoms with van der Waals surface area (Å²) < 4.78 is 0. The topological polar surface area (TPSA) is 25.8 Å². The highest BCUT2D eigenvalue weighted by Gasteiger charge is 2.05. The van der Waals surface area contributed by atoms with Crippen LogP contribution >= 0.6 is 0 Å². The minimum atomic E-state index is 0.885. The van der Waals surface area contributed by atoms with Gasteiger partial charge in [-0.3, -0.25) is 0 Å². The van der Waals surface area contributed by atoms with Gasteiger partial charge in [-0.25, -0.2) is 0 Å². The summed E-state index contributed by atoms with van der Waals surface area (Å²) in [5.41, 5.74) is 7.69. The lowest BCUT2D eigenvalue weighted by Gasteiger charge is -2.07. The number of hydrogen-bond donors (Lipinski definition) is 0. The molecule has 0 saturated heterocycles. The van der Waals surface area contributed by atoms with E-state index in [0.29, 0.717) is 0 Å². The predicted molar refractivity (Wildman–Crippen MR) is 103 cm³/mol. The first-order valence-electron chi connectivity index (χ1n) is 8.37. The van der Waals surface area contributed by atoms with Crippen molar-refractivity contribution in [3.8, 4) is 33.6 Å². The Kier molecular flexibility index (Phi) is 4.09. The molecule has 0 aliphatic carbocycles. The maximum Gasteiger partial charge on any atom is 0.0930 e. The van der Waals surface area contributed by atoms with Crippen molar-refractivity contribution < 1.29 is 0 Å². The Labute approximate surface area is 147 Å². The van der Waals surface area contributed by atoms with Crippen LogP contribution in [-0.4, -0.2) is 10.2 Å². The van der Waals surface area contributed by atoms with E-state index in [1.165, 1.54) is 16.7 Å². The summed E-state index contributed by atoms with van der Waals surface area (Å²) in [5.74, 6) is 0. The van der Waals surface area contributed by atoms with Gasteiger partial charge in [0.1, 0.15) is 0 Å². The third kappa shape index (κ3) is 3.20. The lowest BCUT2D eigenvalue weighted by molar-refractivity contribution is 1.04. The Morgan fingerprint density at radius 3 is 1.60 bits per heavy atom. The van der Waals surface area contributed by atoms with Gasteiger partial charge in [0.25, 0.3) is 0 Å². The van der Waals surface area contributed by atoms with E-state index in [1.54, 1.807) is 0 Å². The number of aryl methyl sites for hydroxylation is 1. The van der Waals surface area contributed by atoms with Gasteiger partial charge in [-0.1, -0.05) is 78.9 Å². The van der Waals surface area contributed by atoms with Gasteiger partial charge in [-0.15, -0.1) is 10.2 Å². The lowest BCUT2D eigenvalue weighted by Crippen LogP contribution is -1.91. The van der Waals surface area contributed by atoms with Gasteiger partial charge in [0.05, 0.1) is 11.4 Å². The minimum Gasteiger partial charge on any atom is -0.150 e. The molecule has 0 aliphatic rings. The first kappa shape index (κ1) is 15.3. The molecule has 1 heterocycles. The van der Waals surface area contributed by atoms with Gasteiger partial charge >= 0.3 is 0 Å². The fraction of sp³-hybridized carbons (Fsp3) is 0.0435. The van der Waals surface area contributed by atoms with Gasteiger partial charge in [0, 0.05) is 11.1 Å². The molecule has 1 aromatic heterocycles. The van der Waals surface area contributed by atoms with Crippen molar-refractivity contribution >= 4 is 0 Å². The van der Waals surface area contributed by atoms with Gasteiger partial charge in [0.2, 0.25) is 0 Å². The normalized spacial score (nSPS) is 10.6. The van der Waals surface area contributed by atoms with Crippen molar-refractivity contribution in [2.75, 3.05) is 0 Å². The Balaban J connectivity index is 1.61. The zero-order chi connectivity index (χ0) is 17.1. The van der Waals surface area contributed by atoms with Crippen LogP contribution < -0.4 is 0 Å². The molecule has 0 atom stereocenters. The van der Waals surface area contributed by atoms with Crippen molar-refractivity contribution in [2.24, 2.45) is 0 Å². The SMILES string of the molecule is Cc1ccccc1-c1ccc(-c2ccc(-c3ccccc3)nn2)cc1. The highest BCUT2D eigenvalue weighted by atomic mass is 15.1. The van der Waals surface area contributed by atoms with Crippen LogP contribution in [0.1, 0.15) is 5.56 Å². The summed E-state index contributed by atoms with van der Waals surface area (Å²) in [7, 11) is 0. The fourth-order valence-corrected chi connectivity index (χ4v) is 2.97. The second-order valence-corrected chi connectivity index (χ2v) is 6.06. The number of rotatable bonds is 3. The summed E-state index contributed by atoms with van der Waals surface area (Å²) in [5, 5.41) is 8.77. The molecular weight excluding hydrogens is 304 g/mol. The molecule has 0 radical (unpaired) electrons. The minimum absolute atomic E-state index is 0.885. The molecule has 0 saturated carbocycles. The van der Waals surface area contributed by atoms with Crippen LogP contribution in [0.3, 0.4) is 0 Å². The Hall–Kier alpha value is -3.26. The Bertz CT molecular complexity index is 972. The zero-order valence-electron chi connectivity index (χ0n) is 14.1. The fourth-order valence-electron chi connectivity index (χ4n) is 2.97. The van der Waals surface area contributed by atoms with Crippen molar-refractivity contribution in [3.05, 3.63) is 96.6 Å². The van der Waals surface area contributed by atoms with Gasteiger partial charge < -0.3 is 0 Å². The number of hydrogen-bond acceptors (Lipinski definition) is 2. The molecular formula is C23H18N2. The van der Waals surface area contributed by atoms with E-state index in [1.807, 2.05) is 42.5 Å². The van der Waals surface area contributed by atoms with Crippen molar-refractivity contribution in [1.82, 2.24) is 10.2 Å². The Morgan fingerprint density at radius 2 is 1.00 bits per heavy atom. The summed E-state index contributed by atoms with van der Waals surface area (Å²) in [6, 6.07) is 31.1. The van der Waals surface area contributed by atoms with Gasteiger partial charge in [-0.2, -0.15) is 0 Å². The van der Waals surface area contributed by atoms with Crippen LogP contribution in [0.4, 0.5) is 0 Å². The smallest absolute Gasteiger partial charge is 0.0930 e. The molecule has 3 aromatic carbocycles. The first-order chi connectivity index (χ1) is 12.3. The standard InChI is InChI=1S/C23H18N2/c1-17-7-5-6-10-21(17)18-11-13-20(14-12-18)23-16-15-22(24-25-23)19-8-3-2-4-9-19/h2-16H,1H3. The molecule has 4 aromatic rings. The van der Waals surface area contributed by atoms with E-state index < -0.39 is 0 Å². The molecule has 0 N–H and O–H groups in total. The summed E-state index contributed by atoms with van der Waals surface area (Å²) >= 11 is 0. The van der Waals surface area contributed by atoms with Crippen LogP contribution in [-0.2, 0) is 0 Å². The molecule has 0 amide bonds. The van der Waals surface area contributed by atoms with E-state index in [9.17, 15) is 0 Å². The molecule has 120 valence electrons. The summed E-state index contributed by atoms with van der Waals surface area (Å²) in [6.07, 6.45) is 0. The maximum absolute atomic E-state index is 4.40. The molecule has 0 bridgehead atoms. The zero-order valence-corrected chi connectivity index (χ0v) is 14.1. The quantitative estimate of drug-likeness (QED) is 0.477. The van der Waals surface area contributed by atoms with Crippen molar-refractivity contribution in [3.63, 3.8) is 0 Å². The monoisotopic (exact) mass is 322 g/mol. The summed E-state index contributed by atoms with van der Waals surface area (Å²) in [4.78, 5) is 0. The second kappa shape index (κ2) is 6.70. The number of nitrogens with zero attached hydrogens (tertiary/aromatic N) is 2. The van der Waals surface area contributed by atoms with Crippen LogP contribution in [0.2, 0.25) is 0 Å². The number of aromatic nitrogens is 2. The van der Waals surface area contributed by atoms with E-state index in [2.05, 4.69) is 65.7 Å². The van der Waals surface area contributed by atoms with E-state index in [-0.39, 0.29) is 0 Å². The summed E-state index contributed by atoms with van der Waals surface area (Å²) in [6.45, 7) is 2.14. The average Bonchev–Trinajstić information content (AvgIpc) is 2.69. The molecule has 4 rings (SSSR count). The molecule has 0 spiro atoms. The van der Waals surface area contributed by atoms with E-state index >= 15 is 0 Å². The molecule has 0 aliphatic heterocycles. The largest absolute Gasteiger partial charge is 0.150 e. The van der Waals surface area contributed by atoms with Crippen LogP contribution in [0, 0.1) is 6.92 Å². The molecule has 2 nitrogen and oxygen atoms in total. The molecule has 0 fully saturated rings. The predicted octanol–water partition coefficient (Wildman–Crippen LogP) is 5.79. The van der Waals surface area contributed by atoms with Crippen LogP contribution in [0.5, 0.6) is 0 Å². The molecule has 2 heteroatoms. The Morgan fingerprint density at radius 1 is 0.480 bits per heavy atom.